The zero-order valence-electron chi connectivity index (χ0n) is 38.4. The van der Waals surface area contributed by atoms with Gasteiger partial charge in [-0.1, -0.05) is 52.0 Å². The van der Waals surface area contributed by atoms with Crippen molar-refractivity contribution in [1.82, 2.24) is 40.4 Å². The van der Waals surface area contributed by atoms with E-state index in [-0.39, 0.29) is 49.5 Å². The lowest BCUT2D eigenvalue weighted by Crippen LogP contribution is -2.54. The average molecular weight is 903 g/mol. The quantitative estimate of drug-likeness (QED) is 0.0855. The van der Waals surface area contributed by atoms with Crippen molar-refractivity contribution in [3.63, 3.8) is 0 Å². The molecule has 0 spiro atoms. The Labute approximate surface area is 379 Å². The lowest BCUT2D eigenvalue weighted by molar-refractivity contribution is -0.143. The number of benzene rings is 2. The summed E-state index contributed by atoms with van der Waals surface area (Å²) >= 11 is 0. The van der Waals surface area contributed by atoms with Gasteiger partial charge in [0.05, 0.1) is 70.5 Å². The molecule has 2 fully saturated rings. The molecule has 352 valence electrons. The highest BCUT2D eigenvalue weighted by molar-refractivity contribution is 5.87. The maximum Gasteiger partial charge on any atom is 0.407 e. The molecule has 0 bridgehead atoms. The van der Waals surface area contributed by atoms with Gasteiger partial charge in [0.15, 0.2) is 11.5 Å². The van der Waals surface area contributed by atoms with Crippen molar-refractivity contribution < 1.29 is 52.3 Å². The van der Waals surface area contributed by atoms with Crippen molar-refractivity contribution >= 4 is 24.0 Å². The first-order valence-electron chi connectivity index (χ1n) is 21.9. The molecule has 2 aliphatic rings. The molecule has 2 saturated heterocycles. The number of alkyl carbamates (subject to hydrolysis) is 2. The van der Waals surface area contributed by atoms with Crippen molar-refractivity contribution in [2.75, 3.05) is 81.2 Å². The van der Waals surface area contributed by atoms with Crippen LogP contribution < -0.4 is 20.1 Å². The molecule has 19 heteroatoms. The molecular formula is C46H62N8O11. The van der Waals surface area contributed by atoms with Gasteiger partial charge in [-0.15, -0.1) is 0 Å². The average Bonchev–Trinajstić information content (AvgIpc) is 4.12. The molecule has 0 unspecified atom stereocenters. The van der Waals surface area contributed by atoms with E-state index in [1.54, 1.807) is 36.4 Å². The van der Waals surface area contributed by atoms with Crippen LogP contribution in [0.4, 0.5) is 9.59 Å². The fourth-order valence-corrected chi connectivity index (χ4v) is 8.03. The summed E-state index contributed by atoms with van der Waals surface area (Å²) in [6.45, 7) is 10.1. The predicted octanol–water partition coefficient (Wildman–Crippen LogP) is 5.51. The SMILES string of the molecule is COCCOc1c(-c2ccc(-c3cnc([C@@H]4COCCN4C(=O)[C@@H](NC(=O)OC)C(C)C)[nH]3)cc2)ccc(-c2cnc([C@@H]3CCCN3C(=O)[C@@H](NC(=O)OC)C(C)C)[nH]2)c1OCCOC. The second-order valence-electron chi connectivity index (χ2n) is 16.5. The highest BCUT2D eigenvalue weighted by Crippen LogP contribution is 2.46. The fourth-order valence-electron chi connectivity index (χ4n) is 8.03. The normalized spacial score (nSPS) is 17.2. The van der Waals surface area contributed by atoms with E-state index in [2.05, 4.69) is 25.6 Å². The van der Waals surface area contributed by atoms with Gasteiger partial charge in [0.2, 0.25) is 11.8 Å². The molecule has 0 aliphatic carbocycles. The second kappa shape index (κ2) is 22.6. The molecule has 2 aliphatic heterocycles. The first-order valence-corrected chi connectivity index (χ1v) is 21.9. The standard InChI is InChI=1S/C46H62N8O11/c1-27(2)37(51-45(57)61-7)43(55)53-17-9-10-35(53)41-48-25-34(50-41)32-16-15-31(39(64-22-20-59-5)40(32)65-23-21-60-6)29-11-13-30(14-12-29)33-24-47-42(49-33)36-26-63-19-18-54(36)44(56)38(28(3)4)52-46(58)62-8/h11-16,24-25,27-28,35-38H,9-10,17-23,26H2,1-8H3,(H,47,49)(H,48,50)(H,51,57)(H,52,58)/t35-,36-,37-,38-/m0/s1. The Kier molecular flexibility index (Phi) is 16.8. The minimum Gasteiger partial charge on any atom is -0.487 e. The number of imidazole rings is 2. The Bertz CT molecular complexity index is 2230. The van der Waals surface area contributed by atoms with Crippen LogP contribution in [0.2, 0.25) is 0 Å². The number of nitrogens with zero attached hydrogens (tertiary/aromatic N) is 4. The van der Waals surface area contributed by atoms with Gasteiger partial charge in [0.1, 0.15) is 43.0 Å². The zero-order chi connectivity index (χ0) is 46.6. The van der Waals surface area contributed by atoms with Crippen molar-refractivity contribution in [2.45, 2.75) is 64.7 Å². The predicted molar refractivity (Wildman–Crippen MR) is 239 cm³/mol. The molecule has 2 aromatic heterocycles. The van der Waals surface area contributed by atoms with Gasteiger partial charge in [0, 0.05) is 38.4 Å². The van der Waals surface area contributed by atoms with E-state index in [0.717, 1.165) is 28.8 Å². The third-order valence-corrected chi connectivity index (χ3v) is 11.5. The van der Waals surface area contributed by atoms with Crippen molar-refractivity contribution in [1.29, 1.82) is 0 Å². The van der Waals surface area contributed by atoms with Gasteiger partial charge in [-0.05, 0) is 47.9 Å². The molecule has 6 rings (SSSR count). The third kappa shape index (κ3) is 11.4. The van der Waals surface area contributed by atoms with Crippen LogP contribution in [0.3, 0.4) is 0 Å². The number of hydrogen-bond donors (Lipinski definition) is 4. The number of aromatic amines is 2. The lowest BCUT2D eigenvalue weighted by atomic mass is 9.98. The molecule has 2 aromatic carbocycles. The Balaban J connectivity index is 1.29. The van der Waals surface area contributed by atoms with E-state index in [1.807, 2.05) is 64.1 Å². The number of H-pyrrole nitrogens is 2. The van der Waals surface area contributed by atoms with Crippen LogP contribution in [0.1, 0.15) is 64.3 Å². The number of amides is 4. The van der Waals surface area contributed by atoms with Crippen LogP contribution in [0.15, 0.2) is 48.8 Å². The molecule has 4 atom stereocenters. The van der Waals surface area contributed by atoms with Crippen molar-refractivity contribution in [3.05, 3.63) is 60.4 Å². The minimum atomic E-state index is -0.785. The maximum atomic E-state index is 13.8. The van der Waals surface area contributed by atoms with Crippen molar-refractivity contribution in [2.24, 2.45) is 11.8 Å². The second-order valence-corrected chi connectivity index (χ2v) is 16.5. The number of ether oxygens (including phenoxy) is 7. The number of carbonyl (C=O) groups excluding carboxylic acids is 4. The van der Waals surface area contributed by atoms with E-state index >= 15 is 0 Å². The summed E-state index contributed by atoms with van der Waals surface area (Å²) in [7, 11) is 5.75. The summed E-state index contributed by atoms with van der Waals surface area (Å²) < 4.78 is 39.0. The summed E-state index contributed by atoms with van der Waals surface area (Å²) in [6.07, 6.45) is 3.59. The minimum absolute atomic E-state index is 0.166. The Morgan fingerprint density at radius 3 is 1.75 bits per heavy atom. The topological polar surface area (TPSA) is 221 Å². The summed E-state index contributed by atoms with van der Waals surface area (Å²) in [5.74, 6) is 1.36. The van der Waals surface area contributed by atoms with E-state index in [1.165, 1.54) is 14.2 Å². The van der Waals surface area contributed by atoms with E-state index in [9.17, 15) is 19.2 Å². The first kappa shape index (κ1) is 48.3. The number of aromatic nitrogens is 4. The van der Waals surface area contributed by atoms with E-state index in [0.29, 0.717) is 73.7 Å². The Hall–Kier alpha value is -6.18. The number of carbonyl (C=O) groups is 4. The van der Waals surface area contributed by atoms with Gasteiger partial charge >= 0.3 is 12.2 Å². The van der Waals surface area contributed by atoms with Crippen LogP contribution in [-0.2, 0) is 33.3 Å². The number of methoxy groups -OCH3 is 4. The molecule has 0 saturated carbocycles. The number of likely N-dealkylation sites (tertiary alicyclic amines) is 1. The highest BCUT2D eigenvalue weighted by Gasteiger charge is 2.39. The molecular weight excluding hydrogens is 841 g/mol. The van der Waals surface area contributed by atoms with E-state index < -0.39 is 30.3 Å². The Morgan fingerprint density at radius 2 is 1.18 bits per heavy atom. The maximum absolute atomic E-state index is 13.8. The highest BCUT2D eigenvalue weighted by atomic mass is 16.6. The van der Waals surface area contributed by atoms with Crippen LogP contribution >= 0.6 is 0 Å². The smallest absolute Gasteiger partial charge is 0.407 e. The number of rotatable bonds is 19. The summed E-state index contributed by atoms with van der Waals surface area (Å²) in [4.78, 5) is 71.6. The molecule has 4 amide bonds. The van der Waals surface area contributed by atoms with E-state index in [4.69, 9.17) is 38.1 Å². The number of morpholine rings is 1. The fraction of sp³-hybridized carbons (Fsp3) is 0.522. The van der Waals surface area contributed by atoms with Crippen LogP contribution in [0.25, 0.3) is 33.6 Å². The first-order chi connectivity index (χ1) is 31.4. The molecule has 4 heterocycles. The summed E-state index contributed by atoms with van der Waals surface area (Å²) in [5.41, 5.74) is 4.58. The van der Waals surface area contributed by atoms with Crippen LogP contribution in [0, 0.1) is 11.8 Å². The number of nitrogens with one attached hydrogen (secondary N) is 4. The van der Waals surface area contributed by atoms with Crippen molar-refractivity contribution in [3.8, 4) is 45.1 Å². The summed E-state index contributed by atoms with van der Waals surface area (Å²) in [5, 5.41) is 5.38. The van der Waals surface area contributed by atoms with Gasteiger partial charge in [-0.3, -0.25) is 9.59 Å². The Morgan fingerprint density at radius 1 is 0.677 bits per heavy atom. The largest absolute Gasteiger partial charge is 0.487 e. The van der Waals surface area contributed by atoms with Gasteiger partial charge in [-0.25, -0.2) is 19.6 Å². The molecule has 65 heavy (non-hydrogen) atoms. The molecule has 4 aromatic rings. The van der Waals surface area contributed by atoms with Crippen LogP contribution in [0.5, 0.6) is 11.5 Å². The van der Waals surface area contributed by atoms with Gasteiger partial charge < -0.3 is 63.6 Å². The van der Waals surface area contributed by atoms with Gasteiger partial charge in [-0.2, -0.15) is 0 Å². The molecule has 0 radical (unpaired) electrons. The molecule has 19 nitrogen and oxygen atoms in total. The monoisotopic (exact) mass is 902 g/mol. The van der Waals surface area contributed by atoms with Crippen LogP contribution in [-0.4, -0.2) is 147 Å². The zero-order valence-corrected chi connectivity index (χ0v) is 38.4. The number of hydrogen-bond acceptors (Lipinski definition) is 13. The van der Waals surface area contributed by atoms with Gasteiger partial charge in [0.25, 0.3) is 0 Å². The lowest BCUT2D eigenvalue weighted by Gasteiger charge is -2.37. The third-order valence-electron chi connectivity index (χ3n) is 11.5. The molecule has 4 N–H and O–H groups in total. The summed E-state index contributed by atoms with van der Waals surface area (Å²) in [6, 6.07) is 9.46.